The van der Waals surface area contributed by atoms with Gasteiger partial charge >= 0.3 is 0 Å². The summed E-state index contributed by atoms with van der Waals surface area (Å²) in [5, 5.41) is 0. The first-order valence-electron chi connectivity index (χ1n) is 8.80. The van der Waals surface area contributed by atoms with Crippen molar-refractivity contribution in [3.63, 3.8) is 0 Å². The van der Waals surface area contributed by atoms with Crippen LogP contribution in [0.4, 0.5) is 11.6 Å². The highest BCUT2D eigenvalue weighted by atomic mass is 16.2. The van der Waals surface area contributed by atoms with Crippen LogP contribution in [0, 0.1) is 6.92 Å². The Morgan fingerprint density at radius 3 is 2.09 bits per heavy atom. The van der Waals surface area contributed by atoms with E-state index in [1.54, 1.807) is 0 Å². The number of anilines is 2. The minimum Gasteiger partial charge on any atom is -0.356 e. The number of carbonyl (C=O) groups excluding carboxylic acids is 1. The summed E-state index contributed by atoms with van der Waals surface area (Å²) in [4.78, 5) is 27.7. The Balaban J connectivity index is 1.70. The molecular formula is C17H27N5O. The summed E-state index contributed by atoms with van der Waals surface area (Å²) in [5.41, 5.74) is 0. The lowest BCUT2D eigenvalue weighted by atomic mass is 10.1. The maximum Gasteiger partial charge on any atom is 0.222 e. The van der Waals surface area contributed by atoms with Gasteiger partial charge in [0, 0.05) is 51.8 Å². The van der Waals surface area contributed by atoms with Gasteiger partial charge in [0.2, 0.25) is 5.91 Å². The number of nitrogens with zero attached hydrogens (tertiary/aromatic N) is 5. The molecule has 0 N–H and O–H groups in total. The van der Waals surface area contributed by atoms with Crippen molar-refractivity contribution in [3.05, 3.63) is 11.9 Å². The SMILES string of the molecule is CCC(=O)N1CCN(c2cc(N3CCCCC3)nc(C)n2)CC1. The van der Waals surface area contributed by atoms with Crippen LogP contribution in [0.25, 0.3) is 0 Å². The molecule has 23 heavy (non-hydrogen) atoms. The summed E-state index contributed by atoms with van der Waals surface area (Å²) in [6.45, 7) is 9.34. The Labute approximate surface area is 138 Å². The summed E-state index contributed by atoms with van der Waals surface area (Å²) < 4.78 is 0. The largest absolute Gasteiger partial charge is 0.356 e. The van der Waals surface area contributed by atoms with Crippen LogP contribution in [-0.4, -0.2) is 60.0 Å². The molecule has 0 atom stereocenters. The van der Waals surface area contributed by atoms with Gasteiger partial charge < -0.3 is 14.7 Å². The fourth-order valence-corrected chi connectivity index (χ4v) is 3.39. The molecule has 3 rings (SSSR count). The summed E-state index contributed by atoms with van der Waals surface area (Å²) in [6.07, 6.45) is 4.40. The maximum atomic E-state index is 11.8. The fraction of sp³-hybridized carbons (Fsp3) is 0.706. The van der Waals surface area contributed by atoms with Crippen molar-refractivity contribution in [1.29, 1.82) is 0 Å². The van der Waals surface area contributed by atoms with Crippen LogP contribution < -0.4 is 9.80 Å². The smallest absolute Gasteiger partial charge is 0.222 e. The van der Waals surface area contributed by atoms with Crippen molar-refractivity contribution in [2.24, 2.45) is 0 Å². The molecule has 2 aliphatic heterocycles. The van der Waals surface area contributed by atoms with E-state index in [2.05, 4.69) is 25.8 Å². The van der Waals surface area contributed by atoms with Crippen molar-refractivity contribution in [2.45, 2.75) is 39.5 Å². The van der Waals surface area contributed by atoms with Gasteiger partial charge in [-0.3, -0.25) is 4.79 Å². The van der Waals surface area contributed by atoms with Crippen molar-refractivity contribution in [1.82, 2.24) is 14.9 Å². The number of hydrogen-bond donors (Lipinski definition) is 0. The lowest BCUT2D eigenvalue weighted by Crippen LogP contribution is -2.49. The Morgan fingerprint density at radius 1 is 0.957 bits per heavy atom. The molecule has 6 heteroatoms. The van der Waals surface area contributed by atoms with Crippen LogP contribution in [0.15, 0.2) is 6.07 Å². The molecule has 0 aromatic carbocycles. The van der Waals surface area contributed by atoms with E-state index in [0.717, 1.165) is 56.7 Å². The molecule has 3 heterocycles. The average Bonchev–Trinajstić information content (AvgIpc) is 2.61. The van der Waals surface area contributed by atoms with Gasteiger partial charge in [-0.2, -0.15) is 0 Å². The second kappa shape index (κ2) is 7.15. The predicted octanol–water partition coefficient (Wildman–Crippen LogP) is 1.83. The molecule has 2 aliphatic rings. The molecule has 0 spiro atoms. The molecule has 0 aliphatic carbocycles. The average molecular weight is 317 g/mol. The van der Waals surface area contributed by atoms with Crippen LogP contribution in [0.3, 0.4) is 0 Å². The number of aryl methyl sites for hydroxylation is 1. The minimum atomic E-state index is 0.248. The van der Waals surface area contributed by atoms with E-state index in [1.807, 2.05) is 18.7 Å². The second-order valence-electron chi connectivity index (χ2n) is 6.40. The molecule has 1 aromatic heterocycles. The monoisotopic (exact) mass is 317 g/mol. The summed E-state index contributed by atoms with van der Waals surface area (Å²) in [7, 11) is 0. The first-order chi connectivity index (χ1) is 11.2. The fourth-order valence-electron chi connectivity index (χ4n) is 3.39. The number of rotatable bonds is 3. The number of piperidine rings is 1. The highest BCUT2D eigenvalue weighted by molar-refractivity contribution is 5.76. The second-order valence-corrected chi connectivity index (χ2v) is 6.40. The van der Waals surface area contributed by atoms with Crippen LogP contribution in [0.5, 0.6) is 0 Å². The van der Waals surface area contributed by atoms with E-state index < -0.39 is 0 Å². The zero-order chi connectivity index (χ0) is 16.2. The molecule has 1 aromatic rings. The Bertz CT molecular complexity index is 548. The Morgan fingerprint density at radius 2 is 1.52 bits per heavy atom. The minimum absolute atomic E-state index is 0.248. The molecule has 1 amide bonds. The third-order valence-corrected chi connectivity index (χ3v) is 4.75. The van der Waals surface area contributed by atoms with E-state index in [1.165, 1.54) is 19.3 Å². The van der Waals surface area contributed by atoms with E-state index in [9.17, 15) is 4.79 Å². The molecule has 6 nitrogen and oxygen atoms in total. The quantitative estimate of drug-likeness (QED) is 0.851. The predicted molar refractivity (Wildman–Crippen MR) is 91.9 cm³/mol. The number of carbonyl (C=O) groups is 1. The van der Waals surface area contributed by atoms with Crippen molar-refractivity contribution >= 4 is 17.5 Å². The van der Waals surface area contributed by atoms with Crippen LogP contribution in [0.2, 0.25) is 0 Å². The number of aromatic nitrogens is 2. The summed E-state index contributed by atoms with van der Waals surface area (Å²) >= 11 is 0. The number of hydrogen-bond acceptors (Lipinski definition) is 5. The maximum absolute atomic E-state index is 11.8. The molecule has 2 saturated heterocycles. The standard InChI is InChI=1S/C17H27N5O/c1-3-17(23)22-11-9-21(10-12-22)16-13-15(18-14(2)19-16)20-7-5-4-6-8-20/h13H,3-12H2,1-2H3. The zero-order valence-corrected chi connectivity index (χ0v) is 14.3. The first-order valence-corrected chi connectivity index (χ1v) is 8.80. The van der Waals surface area contributed by atoms with Crippen molar-refractivity contribution < 1.29 is 4.79 Å². The lowest BCUT2D eigenvalue weighted by molar-refractivity contribution is -0.131. The highest BCUT2D eigenvalue weighted by Crippen LogP contribution is 2.23. The van der Waals surface area contributed by atoms with Gasteiger partial charge in [0.15, 0.2) is 0 Å². The van der Waals surface area contributed by atoms with Crippen molar-refractivity contribution in [2.75, 3.05) is 49.1 Å². The van der Waals surface area contributed by atoms with Gasteiger partial charge in [-0.1, -0.05) is 6.92 Å². The molecular weight excluding hydrogens is 290 g/mol. The molecule has 0 saturated carbocycles. The van der Waals surface area contributed by atoms with Crippen LogP contribution in [-0.2, 0) is 4.79 Å². The Kier molecular flexibility index (Phi) is 4.98. The van der Waals surface area contributed by atoms with Gasteiger partial charge in [-0.25, -0.2) is 9.97 Å². The van der Waals surface area contributed by atoms with Gasteiger partial charge in [0.25, 0.3) is 0 Å². The Hall–Kier alpha value is -1.85. The highest BCUT2D eigenvalue weighted by Gasteiger charge is 2.22. The summed E-state index contributed by atoms with van der Waals surface area (Å²) in [5.74, 6) is 3.13. The topological polar surface area (TPSA) is 52.6 Å². The molecule has 0 unspecified atom stereocenters. The number of piperazine rings is 1. The normalized spacial score (nSPS) is 19.1. The third kappa shape index (κ3) is 3.74. The number of amides is 1. The zero-order valence-electron chi connectivity index (χ0n) is 14.3. The van der Waals surface area contributed by atoms with Gasteiger partial charge in [-0.05, 0) is 26.2 Å². The van der Waals surface area contributed by atoms with E-state index >= 15 is 0 Å². The van der Waals surface area contributed by atoms with E-state index in [4.69, 9.17) is 0 Å². The lowest BCUT2D eigenvalue weighted by Gasteiger charge is -2.36. The molecule has 2 fully saturated rings. The summed E-state index contributed by atoms with van der Waals surface area (Å²) in [6, 6.07) is 2.12. The van der Waals surface area contributed by atoms with Crippen molar-refractivity contribution in [3.8, 4) is 0 Å². The van der Waals surface area contributed by atoms with Crippen LogP contribution in [0.1, 0.15) is 38.4 Å². The van der Waals surface area contributed by atoms with Gasteiger partial charge in [0.05, 0.1) is 0 Å². The molecule has 126 valence electrons. The first kappa shape index (κ1) is 16.0. The van der Waals surface area contributed by atoms with Crippen LogP contribution >= 0.6 is 0 Å². The van der Waals surface area contributed by atoms with Gasteiger partial charge in [0.1, 0.15) is 17.5 Å². The van der Waals surface area contributed by atoms with E-state index in [-0.39, 0.29) is 5.91 Å². The molecule has 0 bridgehead atoms. The third-order valence-electron chi connectivity index (χ3n) is 4.75. The van der Waals surface area contributed by atoms with Gasteiger partial charge in [-0.15, -0.1) is 0 Å². The van der Waals surface area contributed by atoms with E-state index in [0.29, 0.717) is 6.42 Å². The molecule has 0 radical (unpaired) electrons.